The Morgan fingerprint density at radius 3 is 2.00 bits per heavy atom. The van der Waals surface area contributed by atoms with E-state index in [1.54, 1.807) is 30.3 Å². The van der Waals surface area contributed by atoms with Gasteiger partial charge < -0.3 is 24.7 Å². The van der Waals surface area contributed by atoms with Crippen LogP contribution in [0.4, 0.5) is 5.69 Å². The van der Waals surface area contributed by atoms with E-state index in [2.05, 4.69) is 0 Å². The van der Waals surface area contributed by atoms with Crippen molar-refractivity contribution in [1.82, 2.24) is 0 Å². The summed E-state index contributed by atoms with van der Waals surface area (Å²) in [6.07, 6.45) is -0.00283. The smallest absolute Gasteiger partial charge is 0.195 e. The molecule has 25 heavy (non-hydrogen) atoms. The molecule has 134 valence electrons. The SMILES string of the molecule is COc1cc(N)c(C(=O)c2ccc(OC(C)C)c(OC)c2)cc1OC. The maximum absolute atomic E-state index is 12.9. The molecule has 0 bridgehead atoms. The third kappa shape index (κ3) is 3.96. The van der Waals surface area contributed by atoms with E-state index in [0.29, 0.717) is 39.8 Å². The molecule has 0 saturated heterocycles. The zero-order valence-corrected chi connectivity index (χ0v) is 15.1. The van der Waals surface area contributed by atoms with Crippen molar-refractivity contribution in [2.24, 2.45) is 0 Å². The van der Waals surface area contributed by atoms with Gasteiger partial charge in [0.2, 0.25) is 0 Å². The van der Waals surface area contributed by atoms with E-state index < -0.39 is 0 Å². The highest BCUT2D eigenvalue weighted by Crippen LogP contribution is 2.34. The number of carbonyl (C=O) groups is 1. The molecule has 0 aliphatic carbocycles. The summed E-state index contributed by atoms with van der Waals surface area (Å²) >= 11 is 0. The molecule has 6 heteroatoms. The fourth-order valence-corrected chi connectivity index (χ4v) is 2.41. The van der Waals surface area contributed by atoms with E-state index in [1.807, 2.05) is 13.8 Å². The lowest BCUT2D eigenvalue weighted by Crippen LogP contribution is -2.09. The number of hydrogen-bond acceptors (Lipinski definition) is 6. The van der Waals surface area contributed by atoms with E-state index in [0.717, 1.165) is 0 Å². The second kappa shape index (κ2) is 7.79. The van der Waals surface area contributed by atoms with Crippen molar-refractivity contribution in [3.63, 3.8) is 0 Å². The predicted molar refractivity (Wildman–Crippen MR) is 96.1 cm³/mol. The normalized spacial score (nSPS) is 10.5. The second-order valence-electron chi connectivity index (χ2n) is 5.66. The molecule has 0 spiro atoms. The predicted octanol–water partition coefficient (Wildman–Crippen LogP) is 3.31. The molecule has 0 aliphatic heterocycles. The number of hydrogen-bond donors (Lipinski definition) is 1. The van der Waals surface area contributed by atoms with Crippen LogP contribution in [0, 0.1) is 0 Å². The molecule has 0 saturated carbocycles. The Morgan fingerprint density at radius 1 is 0.880 bits per heavy atom. The van der Waals surface area contributed by atoms with Gasteiger partial charge in [0.25, 0.3) is 0 Å². The molecule has 2 aromatic rings. The van der Waals surface area contributed by atoms with Crippen LogP contribution in [0.2, 0.25) is 0 Å². The maximum Gasteiger partial charge on any atom is 0.195 e. The molecule has 2 N–H and O–H groups in total. The van der Waals surface area contributed by atoms with Crippen molar-refractivity contribution in [1.29, 1.82) is 0 Å². The Hall–Kier alpha value is -2.89. The first kappa shape index (κ1) is 18.4. The van der Waals surface area contributed by atoms with Crippen molar-refractivity contribution >= 4 is 11.5 Å². The third-order valence-corrected chi connectivity index (χ3v) is 3.59. The molecule has 0 aliphatic rings. The molecular weight excluding hydrogens is 322 g/mol. The van der Waals surface area contributed by atoms with Crippen LogP contribution >= 0.6 is 0 Å². The minimum atomic E-state index is -0.243. The number of rotatable bonds is 7. The largest absolute Gasteiger partial charge is 0.493 e. The number of anilines is 1. The fraction of sp³-hybridized carbons (Fsp3) is 0.316. The number of carbonyl (C=O) groups excluding carboxylic acids is 1. The molecule has 6 nitrogen and oxygen atoms in total. The molecule has 0 amide bonds. The average Bonchev–Trinajstić information content (AvgIpc) is 2.60. The number of ketones is 1. The fourth-order valence-electron chi connectivity index (χ4n) is 2.41. The molecule has 2 aromatic carbocycles. The van der Waals surface area contributed by atoms with Gasteiger partial charge in [0.15, 0.2) is 28.8 Å². The van der Waals surface area contributed by atoms with Crippen LogP contribution in [0.1, 0.15) is 29.8 Å². The van der Waals surface area contributed by atoms with Gasteiger partial charge in [-0.05, 0) is 38.1 Å². The number of nitrogen functional groups attached to an aromatic ring is 1. The zero-order chi connectivity index (χ0) is 18.6. The summed E-state index contributed by atoms with van der Waals surface area (Å²) < 4.78 is 21.4. The minimum Gasteiger partial charge on any atom is -0.493 e. The highest BCUT2D eigenvalue weighted by atomic mass is 16.5. The van der Waals surface area contributed by atoms with Gasteiger partial charge in [0, 0.05) is 22.9 Å². The molecule has 0 atom stereocenters. The van der Waals surface area contributed by atoms with Crippen LogP contribution in [0.25, 0.3) is 0 Å². The topological polar surface area (TPSA) is 80.0 Å². The van der Waals surface area contributed by atoms with Crippen LogP contribution in [0.3, 0.4) is 0 Å². The van der Waals surface area contributed by atoms with Crippen LogP contribution in [0.5, 0.6) is 23.0 Å². The van der Waals surface area contributed by atoms with Crippen molar-refractivity contribution in [3.05, 3.63) is 41.5 Å². The molecule has 2 rings (SSSR count). The number of nitrogens with two attached hydrogens (primary N) is 1. The van der Waals surface area contributed by atoms with Crippen molar-refractivity contribution < 1.29 is 23.7 Å². The van der Waals surface area contributed by atoms with Gasteiger partial charge in [-0.25, -0.2) is 0 Å². The summed E-state index contributed by atoms with van der Waals surface area (Å²) in [6.45, 7) is 3.84. The van der Waals surface area contributed by atoms with E-state index >= 15 is 0 Å². The van der Waals surface area contributed by atoms with E-state index in [1.165, 1.54) is 21.3 Å². The molecule has 0 unspecified atom stereocenters. The lowest BCUT2D eigenvalue weighted by Gasteiger charge is -2.15. The Bertz CT molecular complexity index is 771. The summed E-state index contributed by atoms with van der Waals surface area (Å²) in [6, 6.07) is 8.17. The first-order valence-electron chi connectivity index (χ1n) is 7.82. The van der Waals surface area contributed by atoms with E-state index in [4.69, 9.17) is 24.7 Å². The van der Waals surface area contributed by atoms with Crippen molar-refractivity contribution in [3.8, 4) is 23.0 Å². The quantitative estimate of drug-likeness (QED) is 0.612. The third-order valence-electron chi connectivity index (χ3n) is 3.59. The Labute approximate surface area is 147 Å². The first-order valence-corrected chi connectivity index (χ1v) is 7.82. The summed E-state index contributed by atoms with van der Waals surface area (Å²) in [5.41, 5.74) is 7.09. The van der Waals surface area contributed by atoms with Gasteiger partial charge in [0.05, 0.1) is 27.4 Å². The number of ether oxygens (including phenoxy) is 4. The lowest BCUT2D eigenvalue weighted by atomic mass is 10.0. The first-order chi connectivity index (χ1) is 11.9. The summed E-state index contributed by atoms with van der Waals surface area (Å²) in [4.78, 5) is 12.9. The molecule has 0 aromatic heterocycles. The lowest BCUT2D eigenvalue weighted by molar-refractivity contribution is 0.103. The van der Waals surface area contributed by atoms with Crippen LogP contribution in [0.15, 0.2) is 30.3 Å². The maximum atomic E-state index is 12.9. The summed E-state index contributed by atoms with van der Waals surface area (Å²) in [5.74, 6) is 1.72. The Kier molecular flexibility index (Phi) is 5.75. The zero-order valence-electron chi connectivity index (χ0n) is 15.1. The van der Waals surface area contributed by atoms with Gasteiger partial charge in [-0.2, -0.15) is 0 Å². The van der Waals surface area contributed by atoms with Crippen LogP contribution < -0.4 is 24.7 Å². The molecule has 0 fully saturated rings. The summed E-state index contributed by atoms with van der Waals surface area (Å²) in [7, 11) is 4.54. The molecular formula is C19H23NO5. The van der Waals surface area contributed by atoms with Gasteiger partial charge >= 0.3 is 0 Å². The van der Waals surface area contributed by atoms with Gasteiger partial charge in [-0.3, -0.25) is 4.79 Å². The Morgan fingerprint density at radius 2 is 1.44 bits per heavy atom. The van der Waals surface area contributed by atoms with Crippen LogP contribution in [-0.4, -0.2) is 33.2 Å². The standard InChI is InChI=1S/C19H23NO5/c1-11(2)25-15-7-6-12(8-16(15)22-3)19(21)13-9-17(23-4)18(24-5)10-14(13)20/h6-11H,20H2,1-5H3. The van der Waals surface area contributed by atoms with E-state index in [-0.39, 0.29) is 11.9 Å². The van der Waals surface area contributed by atoms with Crippen molar-refractivity contribution in [2.75, 3.05) is 27.1 Å². The van der Waals surface area contributed by atoms with Crippen LogP contribution in [-0.2, 0) is 0 Å². The highest BCUT2D eigenvalue weighted by molar-refractivity contribution is 6.12. The van der Waals surface area contributed by atoms with E-state index in [9.17, 15) is 4.79 Å². The van der Waals surface area contributed by atoms with Gasteiger partial charge in [-0.1, -0.05) is 0 Å². The monoisotopic (exact) mass is 345 g/mol. The average molecular weight is 345 g/mol. The number of benzene rings is 2. The highest BCUT2D eigenvalue weighted by Gasteiger charge is 2.19. The van der Waals surface area contributed by atoms with Gasteiger partial charge in [0.1, 0.15) is 0 Å². The molecule has 0 heterocycles. The second-order valence-corrected chi connectivity index (χ2v) is 5.66. The van der Waals surface area contributed by atoms with Crippen molar-refractivity contribution in [2.45, 2.75) is 20.0 Å². The minimum absolute atomic E-state index is 0.00283. The number of methoxy groups -OCH3 is 3. The molecule has 0 radical (unpaired) electrons. The Balaban J connectivity index is 2.44. The van der Waals surface area contributed by atoms with Gasteiger partial charge in [-0.15, -0.1) is 0 Å². The summed E-state index contributed by atoms with van der Waals surface area (Å²) in [5, 5.41) is 0.